The number of methoxy groups -OCH3 is 1. The number of carbonyl (C=O) groups is 3. The number of fused-ring (bicyclic) bond motifs is 2. The number of nitrogens with zero attached hydrogens (tertiary/aromatic N) is 2. The molecular weight excluding hydrogens is 364 g/mol. The number of hydrogen-bond donors (Lipinski definition) is 2. The van der Waals surface area contributed by atoms with Crippen molar-refractivity contribution in [2.24, 2.45) is 11.8 Å². The van der Waals surface area contributed by atoms with Crippen LogP contribution in [0.2, 0.25) is 0 Å². The van der Waals surface area contributed by atoms with Crippen molar-refractivity contribution in [3.05, 3.63) is 42.0 Å². The van der Waals surface area contributed by atoms with Gasteiger partial charge in [0.25, 0.3) is 5.91 Å². The van der Waals surface area contributed by atoms with E-state index in [2.05, 4.69) is 11.9 Å². The quantitative estimate of drug-likeness (QED) is 0.749. The minimum Gasteiger partial charge on any atom is -0.497 e. The maximum Gasteiger partial charge on any atom is 0.328 e. The second-order valence-corrected chi connectivity index (χ2v) is 7.14. The van der Waals surface area contributed by atoms with Crippen LogP contribution in [0, 0.1) is 11.8 Å². The number of carbonyl (C=O) groups excluding carboxylic acids is 1. The second-order valence-electron chi connectivity index (χ2n) is 7.14. The van der Waals surface area contributed by atoms with Gasteiger partial charge in [0.2, 0.25) is 0 Å². The van der Waals surface area contributed by atoms with Gasteiger partial charge in [-0.1, -0.05) is 0 Å². The van der Waals surface area contributed by atoms with Crippen LogP contribution in [0.3, 0.4) is 0 Å². The zero-order valence-electron chi connectivity index (χ0n) is 16.1. The van der Waals surface area contributed by atoms with Crippen molar-refractivity contribution in [2.75, 3.05) is 40.3 Å². The van der Waals surface area contributed by atoms with E-state index in [1.165, 1.54) is 6.42 Å². The van der Waals surface area contributed by atoms with Crippen molar-refractivity contribution in [3.63, 3.8) is 0 Å². The molecule has 1 aromatic rings. The number of likely N-dealkylation sites (tertiary alicyclic amines) is 2. The molecule has 8 heteroatoms. The third-order valence-corrected chi connectivity index (χ3v) is 4.76. The molecule has 8 nitrogen and oxygen atoms in total. The first-order chi connectivity index (χ1) is 13.3. The fourth-order valence-electron chi connectivity index (χ4n) is 3.76. The number of carboxylic acids is 2. The fourth-order valence-corrected chi connectivity index (χ4v) is 3.76. The van der Waals surface area contributed by atoms with Crippen LogP contribution < -0.4 is 4.74 Å². The third-order valence-electron chi connectivity index (χ3n) is 4.76. The van der Waals surface area contributed by atoms with Crippen LogP contribution in [0.4, 0.5) is 0 Å². The molecule has 2 aliphatic heterocycles. The molecule has 152 valence electrons. The molecule has 0 radical (unpaired) electrons. The first-order valence-electron chi connectivity index (χ1n) is 9.04. The van der Waals surface area contributed by atoms with Crippen molar-refractivity contribution in [1.29, 1.82) is 0 Å². The van der Waals surface area contributed by atoms with Crippen LogP contribution in [0.15, 0.2) is 36.4 Å². The molecule has 2 fully saturated rings. The van der Waals surface area contributed by atoms with Crippen molar-refractivity contribution in [3.8, 4) is 5.75 Å². The zero-order valence-corrected chi connectivity index (χ0v) is 16.1. The highest BCUT2D eigenvalue weighted by molar-refractivity contribution is 5.94. The van der Waals surface area contributed by atoms with Gasteiger partial charge in [-0.2, -0.15) is 0 Å². The molecule has 2 atom stereocenters. The molecule has 0 spiro atoms. The Bertz CT molecular complexity index is 697. The number of carboxylic acid groups (broad SMARTS) is 2. The largest absolute Gasteiger partial charge is 0.497 e. The molecule has 28 heavy (non-hydrogen) atoms. The molecule has 0 saturated carbocycles. The number of amides is 1. The molecule has 0 aliphatic carbocycles. The Kier molecular flexibility index (Phi) is 7.57. The van der Waals surface area contributed by atoms with Gasteiger partial charge in [-0.3, -0.25) is 4.79 Å². The summed E-state index contributed by atoms with van der Waals surface area (Å²) < 4.78 is 5.14. The Morgan fingerprint density at radius 2 is 1.46 bits per heavy atom. The number of rotatable bonds is 4. The molecule has 1 amide bonds. The maximum absolute atomic E-state index is 12.6. The Morgan fingerprint density at radius 1 is 0.964 bits per heavy atom. The van der Waals surface area contributed by atoms with E-state index in [4.69, 9.17) is 14.9 Å². The molecule has 2 aliphatic rings. The summed E-state index contributed by atoms with van der Waals surface area (Å²) in [6, 6.07) is 7.42. The molecule has 2 N–H and O–H groups in total. The van der Waals surface area contributed by atoms with Crippen molar-refractivity contribution < 1.29 is 29.3 Å². The number of piperidine rings is 2. The summed E-state index contributed by atoms with van der Waals surface area (Å²) in [5.41, 5.74) is 0.763. The van der Waals surface area contributed by atoms with Crippen LogP contribution in [0.1, 0.15) is 16.8 Å². The van der Waals surface area contributed by atoms with Gasteiger partial charge in [0, 0.05) is 43.9 Å². The predicted octanol–water partition coefficient (Wildman–Crippen LogP) is 1.43. The summed E-state index contributed by atoms with van der Waals surface area (Å²) in [7, 11) is 3.82. The monoisotopic (exact) mass is 390 g/mol. The van der Waals surface area contributed by atoms with Crippen LogP contribution in [-0.2, 0) is 9.59 Å². The normalized spacial score (nSPS) is 21.6. The molecule has 0 aromatic heterocycles. The minimum atomic E-state index is -1.26. The lowest BCUT2D eigenvalue weighted by Gasteiger charge is -2.44. The summed E-state index contributed by atoms with van der Waals surface area (Å²) in [6.07, 6.45) is 2.39. The molecule has 3 rings (SSSR count). The van der Waals surface area contributed by atoms with Crippen molar-refractivity contribution in [1.82, 2.24) is 9.80 Å². The van der Waals surface area contributed by atoms with Gasteiger partial charge >= 0.3 is 11.9 Å². The van der Waals surface area contributed by atoms with E-state index in [1.807, 2.05) is 29.2 Å². The van der Waals surface area contributed by atoms with Crippen LogP contribution in [-0.4, -0.2) is 78.2 Å². The molecule has 2 heterocycles. The molecule has 2 saturated heterocycles. The van der Waals surface area contributed by atoms with Gasteiger partial charge in [-0.15, -0.1) is 0 Å². The Morgan fingerprint density at radius 3 is 1.89 bits per heavy atom. The van der Waals surface area contributed by atoms with E-state index in [1.54, 1.807) is 7.11 Å². The van der Waals surface area contributed by atoms with Gasteiger partial charge in [-0.25, -0.2) is 9.59 Å². The van der Waals surface area contributed by atoms with E-state index in [0.29, 0.717) is 24.0 Å². The zero-order chi connectivity index (χ0) is 20.7. The summed E-state index contributed by atoms with van der Waals surface area (Å²) in [5.74, 6) is -0.296. The fraction of sp³-hybridized carbons (Fsp3) is 0.450. The van der Waals surface area contributed by atoms with Gasteiger partial charge in [-0.05, 0) is 49.6 Å². The highest BCUT2D eigenvalue weighted by Crippen LogP contribution is 2.28. The van der Waals surface area contributed by atoms with E-state index in [-0.39, 0.29) is 5.91 Å². The van der Waals surface area contributed by atoms with Crippen molar-refractivity contribution >= 4 is 17.8 Å². The highest BCUT2D eigenvalue weighted by Gasteiger charge is 2.34. The lowest BCUT2D eigenvalue weighted by Crippen LogP contribution is -2.53. The minimum absolute atomic E-state index is 0.159. The summed E-state index contributed by atoms with van der Waals surface area (Å²) >= 11 is 0. The number of hydrogen-bond acceptors (Lipinski definition) is 5. The second kappa shape index (κ2) is 9.89. The molecular formula is C20H26N2O6. The predicted molar refractivity (Wildman–Crippen MR) is 102 cm³/mol. The van der Waals surface area contributed by atoms with E-state index in [9.17, 15) is 14.4 Å². The molecule has 1 aromatic carbocycles. The molecule has 2 bridgehead atoms. The SMILES string of the molecule is COc1ccc(C(=O)N2CC3CC(CN(C)C3)C2)cc1.O=C(O)/C=C/C(=O)O. The lowest BCUT2D eigenvalue weighted by atomic mass is 9.84. The average molecular weight is 390 g/mol. The summed E-state index contributed by atoms with van der Waals surface area (Å²) in [6.45, 7) is 4.02. The Hall–Kier alpha value is -2.87. The van der Waals surface area contributed by atoms with E-state index >= 15 is 0 Å². The van der Waals surface area contributed by atoms with Crippen molar-refractivity contribution in [2.45, 2.75) is 6.42 Å². The van der Waals surface area contributed by atoms with Gasteiger partial charge in [0.05, 0.1) is 7.11 Å². The summed E-state index contributed by atoms with van der Waals surface area (Å²) in [4.78, 5) is 36.1. The third kappa shape index (κ3) is 6.38. The Labute approximate surface area is 164 Å². The van der Waals surface area contributed by atoms with Crippen LogP contribution in [0.25, 0.3) is 0 Å². The average Bonchev–Trinajstić information content (AvgIpc) is 2.65. The van der Waals surface area contributed by atoms with Crippen LogP contribution in [0.5, 0.6) is 5.75 Å². The van der Waals surface area contributed by atoms with E-state index < -0.39 is 11.9 Å². The first-order valence-corrected chi connectivity index (χ1v) is 9.04. The first kappa shape index (κ1) is 21.4. The maximum atomic E-state index is 12.6. The molecule has 2 unspecified atom stereocenters. The van der Waals surface area contributed by atoms with Gasteiger partial charge in [0.15, 0.2) is 0 Å². The van der Waals surface area contributed by atoms with E-state index in [0.717, 1.165) is 37.5 Å². The number of ether oxygens (including phenoxy) is 1. The highest BCUT2D eigenvalue weighted by atomic mass is 16.5. The smallest absolute Gasteiger partial charge is 0.328 e. The topological polar surface area (TPSA) is 107 Å². The summed E-state index contributed by atoms with van der Waals surface area (Å²) in [5, 5.41) is 15.6. The van der Waals surface area contributed by atoms with Gasteiger partial charge < -0.3 is 24.7 Å². The number of benzene rings is 1. The van der Waals surface area contributed by atoms with Crippen LogP contribution >= 0.6 is 0 Å². The standard InChI is InChI=1S/C16H22N2O2.C4H4O4/c1-17-8-12-7-13(9-17)11-18(10-12)16(19)14-3-5-15(20-2)6-4-14;5-3(6)1-2-4(7)8/h3-6,12-13H,7-11H2,1-2H3;1-2H,(H,5,6)(H,7,8)/b;2-1+. The number of aliphatic carboxylic acids is 2. The Balaban J connectivity index is 0.000000300. The van der Waals surface area contributed by atoms with Gasteiger partial charge in [0.1, 0.15) is 5.75 Å². The lowest BCUT2D eigenvalue weighted by molar-refractivity contribution is -0.134.